The van der Waals surface area contributed by atoms with Gasteiger partial charge in [0.05, 0.1) is 11.3 Å². The lowest BCUT2D eigenvalue weighted by Crippen LogP contribution is -2.49. The summed E-state index contributed by atoms with van der Waals surface area (Å²) < 4.78 is 27.7. The van der Waals surface area contributed by atoms with Crippen molar-refractivity contribution in [2.24, 2.45) is 5.92 Å². The first-order chi connectivity index (χ1) is 8.83. The first-order valence-corrected chi connectivity index (χ1v) is 7.72. The number of hydrogen-bond donors (Lipinski definition) is 1. The molecule has 0 spiro atoms. The maximum Gasteiger partial charge on any atom is 0.326 e. The molecule has 1 aromatic carbocycles. The van der Waals surface area contributed by atoms with Crippen LogP contribution in [0.3, 0.4) is 0 Å². The minimum absolute atomic E-state index is 0.315. The number of carbonyl (C=O) groups is 1. The summed E-state index contributed by atoms with van der Waals surface area (Å²) >= 11 is 0. The smallest absolute Gasteiger partial charge is 0.268 e. The van der Waals surface area contributed by atoms with Crippen molar-refractivity contribution in [2.75, 3.05) is 4.72 Å². The van der Waals surface area contributed by atoms with Crippen LogP contribution >= 0.6 is 0 Å². The first kappa shape index (κ1) is 13.9. The average Bonchev–Trinajstić information content (AvgIpc) is 2.26. The maximum absolute atomic E-state index is 12.4. The summed E-state index contributed by atoms with van der Waals surface area (Å²) in [5.41, 5.74) is 0.744. The van der Waals surface area contributed by atoms with Crippen LogP contribution in [-0.2, 0) is 10.2 Å². The molecule has 0 aliphatic carbocycles. The second kappa shape index (κ2) is 4.85. The molecule has 0 fully saturated rings. The molecule has 5 nitrogen and oxygen atoms in total. The molecule has 1 amide bonds. The van der Waals surface area contributed by atoms with E-state index in [0.29, 0.717) is 23.6 Å². The van der Waals surface area contributed by atoms with Gasteiger partial charge in [0.1, 0.15) is 0 Å². The molecule has 6 heteroatoms. The zero-order valence-corrected chi connectivity index (χ0v) is 12.1. The van der Waals surface area contributed by atoms with Crippen LogP contribution in [0.15, 0.2) is 24.3 Å². The summed E-state index contributed by atoms with van der Waals surface area (Å²) in [6.45, 7) is 5.75. The van der Waals surface area contributed by atoms with Crippen LogP contribution in [0.1, 0.15) is 37.6 Å². The topological polar surface area (TPSA) is 66.5 Å². The Bertz CT molecular complexity index is 596. The zero-order chi connectivity index (χ0) is 14.2. The third-order valence-electron chi connectivity index (χ3n) is 3.07. The Morgan fingerprint density at radius 3 is 2.47 bits per heavy atom. The molecule has 1 aromatic rings. The van der Waals surface area contributed by atoms with Crippen molar-refractivity contribution in [1.82, 2.24) is 4.31 Å². The molecule has 1 atom stereocenters. The van der Waals surface area contributed by atoms with Crippen molar-refractivity contribution in [3.8, 4) is 0 Å². The van der Waals surface area contributed by atoms with Crippen molar-refractivity contribution < 1.29 is 13.2 Å². The molecule has 0 saturated heterocycles. The predicted molar refractivity (Wildman–Crippen MR) is 74.1 cm³/mol. The average molecular weight is 282 g/mol. The van der Waals surface area contributed by atoms with Gasteiger partial charge in [0.2, 0.25) is 0 Å². The zero-order valence-electron chi connectivity index (χ0n) is 11.3. The second-order valence-electron chi connectivity index (χ2n) is 5.23. The van der Waals surface area contributed by atoms with E-state index in [0.717, 1.165) is 4.31 Å². The minimum Gasteiger partial charge on any atom is -0.268 e. The molecule has 0 radical (unpaired) electrons. The summed E-state index contributed by atoms with van der Waals surface area (Å²) in [7, 11) is -3.80. The number of amides is 1. The molecule has 0 bridgehead atoms. The van der Waals surface area contributed by atoms with Gasteiger partial charge in [-0.3, -0.25) is 9.52 Å². The van der Waals surface area contributed by atoms with Gasteiger partial charge in [-0.15, -0.1) is 0 Å². The molecule has 2 rings (SSSR count). The highest BCUT2D eigenvalue weighted by Gasteiger charge is 2.38. The normalized spacial score (nSPS) is 18.9. The summed E-state index contributed by atoms with van der Waals surface area (Å²) in [5.74, 6) is -0.141. The van der Waals surface area contributed by atoms with Gasteiger partial charge in [-0.05, 0) is 31.4 Å². The lowest BCUT2D eigenvalue weighted by molar-refractivity contribution is 0.0817. The van der Waals surface area contributed by atoms with E-state index in [4.69, 9.17) is 0 Å². The molecule has 1 N–H and O–H groups in total. The fraction of sp³-hybridized carbons (Fsp3) is 0.462. The number of para-hydroxylation sites is 1. The van der Waals surface area contributed by atoms with E-state index in [1.54, 1.807) is 31.2 Å². The number of benzene rings is 1. The van der Waals surface area contributed by atoms with Gasteiger partial charge in [-0.2, -0.15) is 8.42 Å². The van der Waals surface area contributed by atoms with Crippen LogP contribution in [0.5, 0.6) is 0 Å². The molecule has 19 heavy (non-hydrogen) atoms. The summed E-state index contributed by atoms with van der Waals surface area (Å²) in [4.78, 5) is 12.4. The van der Waals surface area contributed by atoms with Crippen LogP contribution in [0.4, 0.5) is 5.69 Å². The molecule has 1 unspecified atom stereocenters. The van der Waals surface area contributed by atoms with Crippen LogP contribution in [0, 0.1) is 5.92 Å². The molecule has 0 aromatic heterocycles. The van der Waals surface area contributed by atoms with Gasteiger partial charge in [-0.1, -0.05) is 26.0 Å². The number of anilines is 1. The number of nitrogens with zero attached hydrogens (tertiary/aromatic N) is 1. The number of hydrogen-bond acceptors (Lipinski definition) is 3. The number of rotatable bonds is 3. The third-order valence-corrected chi connectivity index (χ3v) is 4.59. The van der Waals surface area contributed by atoms with E-state index in [9.17, 15) is 13.2 Å². The lowest BCUT2D eigenvalue weighted by Gasteiger charge is -2.33. The van der Waals surface area contributed by atoms with E-state index in [1.165, 1.54) is 0 Å². The lowest BCUT2D eigenvalue weighted by atomic mass is 10.0. The summed E-state index contributed by atoms with van der Waals surface area (Å²) in [5, 5.41) is 0. The van der Waals surface area contributed by atoms with E-state index in [-0.39, 0.29) is 6.04 Å². The Hall–Kier alpha value is -1.56. The molecular formula is C13H18N2O3S. The molecule has 1 heterocycles. The summed E-state index contributed by atoms with van der Waals surface area (Å²) in [6.07, 6.45) is 0.634. The Labute approximate surface area is 113 Å². The van der Waals surface area contributed by atoms with Crippen LogP contribution < -0.4 is 4.72 Å². The van der Waals surface area contributed by atoms with Gasteiger partial charge in [0.15, 0.2) is 0 Å². The van der Waals surface area contributed by atoms with Crippen molar-refractivity contribution in [2.45, 2.75) is 33.2 Å². The largest absolute Gasteiger partial charge is 0.326 e. The van der Waals surface area contributed by atoms with Crippen molar-refractivity contribution in [3.63, 3.8) is 0 Å². The third kappa shape index (κ3) is 2.58. The minimum atomic E-state index is -3.80. The quantitative estimate of drug-likeness (QED) is 0.924. The number of carbonyl (C=O) groups excluding carboxylic acids is 1. The molecule has 1 aliphatic heterocycles. The van der Waals surface area contributed by atoms with Gasteiger partial charge in [0.25, 0.3) is 5.91 Å². The maximum atomic E-state index is 12.4. The Morgan fingerprint density at radius 1 is 1.21 bits per heavy atom. The van der Waals surface area contributed by atoms with Gasteiger partial charge >= 0.3 is 10.2 Å². The Morgan fingerprint density at radius 2 is 1.84 bits per heavy atom. The van der Waals surface area contributed by atoms with Crippen LogP contribution in [0.2, 0.25) is 0 Å². The van der Waals surface area contributed by atoms with Crippen LogP contribution in [0.25, 0.3) is 0 Å². The highest BCUT2D eigenvalue weighted by atomic mass is 32.2. The van der Waals surface area contributed by atoms with E-state index < -0.39 is 16.1 Å². The Kier molecular flexibility index (Phi) is 3.54. The predicted octanol–water partition coefficient (Wildman–Crippen LogP) is 2.23. The highest BCUT2D eigenvalue weighted by molar-refractivity contribution is 7.91. The fourth-order valence-corrected chi connectivity index (χ4v) is 3.82. The molecule has 1 aliphatic rings. The van der Waals surface area contributed by atoms with Gasteiger partial charge < -0.3 is 0 Å². The Balaban J connectivity index is 2.43. The van der Waals surface area contributed by atoms with E-state index in [1.807, 2.05) is 13.8 Å². The highest BCUT2D eigenvalue weighted by Crippen LogP contribution is 2.28. The SMILES string of the molecule is CC(C)CC(C)N1C(=O)c2ccccc2NS1(=O)=O. The van der Waals surface area contributed by atoms with Crippen molar-refractivity contribution >= 4 is 21.8 Å². The van der Waals surface area contributed by atoms with E-state index >= 15 is 0 Å². The first-order valence-electron chi connectivity index (χ1n) is 6.28. The fourth-order valence-electron chi connectivity index (χ4n) is 2.39. The van der Waals surface area contributed by atoms with Gasteiger partial charge in [0, 0.05) is 6.04 Å². The standard InChI is InChI=1S/C13H18N2O3S/c1-9(2)8-10(3)15-13(16)11-6-4-5-7-12(11)14-19(15,17)18/h4-7,9-10,14H,8H2,1-3H3. The number of fused-ring (bicyclic) bond motifs is 1. The second-order valence-corrected chi connectivity index (χ2v) is 6.78. The van der Waals surface area contributed by atoms with Crippen molar-refractivity contribution in [3.05, 3.63) is 29.8 Å². The van der Waals surface area contributed by atoms with Gasteiger partial charge in [-0.25, -0.2) is 4.31 Å². The molecule has 104 valence electrons. The molecular weight excluding hydrogens is 264 g/mol. The van der Waals surface area contributed by atoms with E-state index in [2.05, 4.69) is 4.72 Å². The van der Waals surface area contributed by atoms with Crippen LogP contribution in [-0.4, -0.2) is 24.7 Å². The monoisotopic (exact) mass is 282 g/mol. The van der Waals surface area contributed by atoms with Crippen molar-refractivity contribution in [1.29, 1.82) is 0 Å². The summed E-state index contributed by atoms with van der Waals surface area (Å²) in [6, 6.07) is 6.28. The number of nitrogens with one attached hydrogen (secondary N) is 1. The molecule has 0 saturated carbocycles.